The first-order chi connectivity index (χ1) is 12.1. The molecule has 0 unspecified atom stereocenters. The van der Waals surface area contributed by atoms with Crippen LogP contribution in [0.15, 0.2) is 29.2 Å². The Morgan fingerprint density at radius 2 is 2.12 bits per heavy atom. The van der Waals surface area contributed by atoms with E-state index >= 15 is 0 Å². The number of hydrogen-bond acceptors (Lipinski definition) is 5. The zero-order chi connectivity index (χ0) is 18.2. The summed E-state index contributed by atoms with van der Waals surface area (Å²) in [7, 11) is 0. The van der Waals surface area contributed by atoms with Crippen LogP contribution in [0, 0.1) is 5.92 Å². The number of nitrogens with one attached hydrogen (secondary N) is 2. The van der Waals surface area contributed by atoms with Crippen molar-refractivity contribution in [3.05, 3.63) is 29.8 Å². The van der Waals surface area contributed by atoms with E-state index in [-0.39, 0.29) is 18.6 Å². The number of carbonyl (C=O) groups is 1. The van der Waals surface area contributed by atoms with E-state index in [1.54, 1.807) is 11.8 Å². The second-order valence-electron chi connectivity index (χ2n) is 6.70. The molecule has 0 spiro atoms. The van der Waals surface area contributed by atoms with Crippen LogP contribution in [-0.2, 0) is 4.79 Å². The molecule has 4 atom stereocenters. The van der Waals surface area contributed by atoms with E-state index in [0.717, 1.165) is 37.1 Å². The molecule has 140 valence electrons. The van der Waals surface area contributed by atoms with E-state index < -0.39 is 12.1 Å². The van der Waals surface area contributed by atoms with Crippen molar-refractivity contribution in [2.45, 2.75) is 55.7 Å². The van der Waals surface area contributed by atoms with Crippen LogP contribution in [-0.4, -0.2) is 47.6 Å². The molecule has 1 saturated heterocycles. The maximum atomic E-state index is 12.6. The molecule has 2 rings (SSSR count). The highest BCUT2D eigenvalue weighted by molar-refractivity contribution is 7.98. The summed E-state index contributed by atoms with van der Waals surface area (Å²) in [5, 5.41) is 26.2. The number of benzene rings is 1. The van der Waals surface area contributed by atoms with Gasteiger partial charge >= 0.3 is 0 Å². The van der Waals surface area contributed by atoms with Gasteiger partial charge in [0.2, 0.25) is 5.91 Å². The zero-order valence-electron chi connectivity index (χ0n) is 15.1. The molecule has 1 aromatic carbocycles. The van der Waals surface area contributed by atoms with Gasteiger partial charge in [-0.3, -0.25) is 4.79 Å². The molecule has 1 aliphatic heterocycles. The predicted molar refractivity (Wildman–Crippen MR) is 102 cm³/mol. The fraction of sp³-hybridized carbons (Fsp3) is 0.632. The molecule has 0 aromatic heterocycles. The Labute approximate surface area is 154 Å². The van der Waals surface area contributed by atoms with Gasteiger partial charge in [0.1, 0.15) is 6.10 Å². The minimum absolute atomic E-state index is 0.139. The SMILES string of the molecule is CCC[C@@H]1CCN[C@H](C(=O)N[C@@H](CO)[C@@H](O)c2ccc(SC)cc2)C1. The number of rotatable bonds is 8. The molecule has 1 aliphatic rings. The Morgan fingerprint density at radius 1 is 1.40 bits per heavy atom. The average molecular weight is 367 g/mol. The minimum atomic E-state index is -0.931. The van der Waals surface area contributed by atoms with E-state index in [1.807, 2.05) is 30.5 Å². The molecule has 1 amide bonds. The fourth-order valence-electron chi connectivity index (χ4n) is 3.41. The topological polar surface area (TPSA) is 81.6 Å². The van der Waals surface area contributed by atoms with Gasteiger partial charge in [-0.05, 0) is 49.3 Å². The number of thioether (sulfide) groups is 1. The number of aliphatic hydroxyl groups is 2. The summed E-state index contributed by atoms with van der Waals surface area (Å²) >= 11 is 1.63. The van der Waals surface area contributed by atoms with Crippen molar-refractivity contribution in [1.82, 2.24) is 10.6 Å². The zero-order valence-corrected chi connectivity index (χ0v) is 15.9. The van der Waals surface area contributed by atoms with Crippen molar-refractivity contribution in [1.29, 1.82) is 0 Å². The van der Waals surface area contributed by atoms with E-state index in [9.17, 15) is 15.0 Å². The molecule has 25 heavy (non-hydrogen) atoms. The standard InChI is InChI=1S/C19H30N2O3S/c1-3-4-13-9-10-20-16(11-13)19(24)21-17(12-22)18(23)14-5-7-15(25-2)8-6-14/h5-8,13,16-18,20,22-23H,3-4,9-12H2,1-2H3,(H,21,24)/t13-,16+,17+,18+/m1/s1. The summed E-state index contributed by atoms with van der Waals surface area (Å²) in [6.45, 7) is 2.70. The van der Waals surface area contributed by atoms with Gasteiger partial charge in [-0.1, -0.05) is 31.9 Å². The number of aliphatic hydroxyl groups excluding tert-OH is 2. The molecule has 6 heteroatoms. The van der Waals surface area contributed by atoms with E-state index in [0.29, 0.717) is 11.5 Å². The Bertz CT molecular complexity index is 536. The maximum Gasteiger partial charge on any atom is 0.237 e. The van der Waals surface area contributed by atoms with Gasteiger partial charge in [-0.15, -0.1) is 11.8 Å². The Morgan fingerprint density at radius 3 is 2.72 bits per heavy atom. The number of carbonyl (C=O) groups excluding carboxylic acids is 1. The second kappa shape index (κ2) is 10.2. The molecule has 0 saturated carbocycles. The van der Waals surface area contributed by atoms with E-state index in [1.165, 1.54) is 0 Å². The largest absolute Gasteiger partial charge is 0.394 e. The molecular formula is C19H30N2O3S. The molecule has 1 aromatic rings. The Kier molecular flexibility index (Phi) is 8.22. The third-order valence-corrected chi connectivity index (χ3v) is 5.63. The lowest BCUT2D eigenvalue weighted by Crippen LogP contribution is -2.53. The van der Waals surface area contributed by atoms with Gasteiger partial charge < -0.3 is 20.8 Å². The number of piperidine rings is 1. The smallest absolute Gasteiger partial charge is 0.237 e. The van der Waals surface area contributed by atoms with Crippen LogP contribution >= 0.6 is 11.8 Å². The third-order valence-electron chi connectivity index (χ3n) is 4.89. The van der Waals surface area contributed by atoms with Crippen LogP contribution in [0.3, 0.4) is 0 Å². The van der Waals surface area contributed by atoms with E-state index in [4.69, 9.17) is 0 Å². The van der Waals surface area contributed by atoms with Crippen LogP contribution in [0.5, 0.6) is 0 Å². The van der Waals surface area contributed by atoms with Crippen LogP contribution in [0.4, 0.5) is 0 Å². The van der Waals surface area contributed by atoms with Crippen molar-refractivity contribution >= 4 is 17.7 Å². The van der Waals surface area contributed by atoms with Crippen molar-refractivity contribution in [2.75, 3.05) is 19.4 Å². The first kappa shape index (κ1) is 20.2. The highest BCUT2D eigenvalue weighted by Crippen LogP contribution is 2.23. The van der Waals surface area contributed by atoms with Gasteiger partial charge in [-0.2, -0.15) is 0 Å². The van der Waals surface area contributed by atoms with Gasteiger partial charge in [0.15, 0.2) is 0 Å². The molecule has 0 aliphatic carbocycles. The first-order valence-corrected chi connectivity index (χ1v) is 10.3. The normalized spacial score (nSPS) is 23.0. The Hall–Kier alpha value is -1.08. The van der Waals surface area contributed by atoms with Gasteiger partial charge in [0, 0.05) is 4.90 Å². The van der Waals surface area contributed by atoms with Gasteiger partial charge in [0.05, 0.1) is 18.7 Å². The van der Waals surface area contributed by atoms with Gasteiger partial charge in [0.25, 0.3) is 0 Å². The molecule has 1 fully saturated rings. The second-order valence-corrected chi connectivity index (χ2v) is 7.58. The molecule has 5 nitrogen and oxygen atoms in total. The predicted octanol–water partition coefficient (Wildman–Crippen LogP) is 2.09. The third kappa shape index (κ3) is 5.71. The monoisotopic (exact) mass is 366 g/mol. The van der Waals surface area contributed by atoms with Gasteiger partial charge in [-0.25, -0.2) is 0 Å². The number of hydrogen-bond donors (Lipinski definition) is 4. The Balaban J connectivity index is 1.96. The highest BCUT2D eigenvalue weighted by atomic mass is 32.2. The summed E-state index contributed by atoms with van der Waals surface area (Å²) in [5.74, 6) is 0.429. The fourth-order valence-corrected chi connectivity index (χ4v) is 3.82. The molecule has 1 heterocycles. The maximum absolute atomic E-state index is 12.6. The lowest BCUT2D eigenvalue weighted by atomic mass is 9.88. The summed E-state index contributed by atoms with van der Waals surface area (Å²) in [6.07, 6.45) is 5.25. The van der Waals surface area contributed by atoms with Crippen LogP contribution < -0.4 is 10.6 Å². The molecule has 0 bridgehead atoms. The summed E-state index contributed by atoms with van der Waals surface area (Å²) in [5.41, 5.74) is 0.692. The average Bonchev–Trinajstić information content (AvgIpc) is 2.66. The lowest BCUT2D eigenvalue weighted by molar-refractivity contribution is -0.126. The summed E-state index contributed by atoms with van der Waals surface area (Å²) < 4.78 is 0. The molecular weight excluding hydrogens is 336 g/mol. The molecule has 4 N–H and O–H groups in total. The summed E-state index contributed by atoms with van der Waals surface area (Å²) in [4.78, 5) is 13.7. The lowest BCUT2D eigenvalue weighted by Gasteiger charge is -2.31. The van der Waals surface area contributed by atoms with Crippen molar-refractivity contribution in [3.63, 3.8) is 0 Å². The van der Waals surface area contributed by atoms with Crippen molar-refractivity contribution in [2.24, 2.45) is 5.92 Å². The quantitative estimate of drug-likeness (QED) is 0.530. The number of amides is 1. The minimum Gasteiger partial charge on any atom is -0.394 e. The van der Waals surface area contributed by atoms with E-state index in [2.05, 4.69) is 17.6 Å². The highest BCUT2D eigenvalue weighted by Gasteiger charge is 2.29. The van der Waals surface area contributed by atoms with Crippen LogP contribution in [0.25, 0.3) is 0 Å². The van der Waals surface area contributed by atoms with Crippen molar-refractivity contribution < 1.29 is 15.0 Å². The summed E-state index contributed by atoms with van der Waals surface area (Å²) in [6, 6.07) is 6.57. The first-order valence-electron chi connectivity index (χ1n) is 9.05. The van der Waals surface area contributed by atoms with Crippen molar-refractivity contribution in [3.8, 4) is 0 Å². The molecule has 0 radical (unpaired) electrons. The van der Waals surface area contributed by atoms with Crippen LogP contribution in [0.2, 0.25) is 0 Å². The van der Waals surface area contributed by atoms with Crippen LogP contribution in [0.1, 0.15) is 44.3 Å².